The summed E-state index contributed by atoms with van der Waals surface area (Å²) in [7, 11) is -3.91. The van der Waals surface area contributed by atoms with Crippen molar-refractivity contribution in [3.8, 4) is 0 Å². The minimum atomic E-state index is -3.91. The lowest BCUT2D eigenvalue weighted by Crippen LogP contribution is -2.15. The summed E-state index contributed by atoms with van der Waals surface area (Å²) >= 11 is 4.68. The van der Waals surface area contributed by atoms with Gasteiger partial charge in [-0.05, 0) is 42.5 Å². The first-order valence-electron chi connectivity index (χ1n) is 5.67. The summed E-state index contributed by atoms with van der Waals surface area (Å²) in [6.07, 6.45) is 0. The minimum Gasteiger partial charge on any atom is -0.389 e. The first-order valence-corrected chi connectivity index (χ1v) is 7.56. The summed E-state index contributed by atoms with van der Waals surface area (Å²) in [6.45, 7) is 0. The number of nitrogens with one attached hydrogen (secondary N) is 1. The molecule has 0 aliphatic rings. The molecule has 2 aromatic rings. The number of benzene rings is 2. The molecule has 0 amide bonds. The lowest BCUT2D eigenvalue weighted by molar-refractivity contribution is 0.599. The molecule has 0 fully saturated rings. The Balaban J connectivity index is 2.35. The number of halogens is 2. The van der Waals surface area contributed by atoms with E-state index in [9.17, 15) is 17.2 Å². The average Bonchev–Trinajstić information content (AvgIpc) is 2.41. The Morgan fingerprint density at radius 1 is 1.10 bits per heavy atom. The fraction of sp³-hybridized carbons (Fsp3) is 0. The first-order chi connectivity index (χ1) is 9.79. The van der Waals surface area contributed by atoms with E-state index in [1.807, 2.05) is 0 Å². The maximum Gasteiger partial charge on any atom is 0.261 e. The largest absolute Gasteiger partial charge is 0.389 e. The number of thiocarbonyl (C=S) groups is 1. The van der Waals surface area contributed by atoms with Crippen LogP contribution in [0.5, 0.6) is 0 Å². The van der Waals surface area contributed by atoms with Crippen LogP contribution in [0.3, 0.4) is 0 Å². The Morgan fingerprint density at radius 2 is 1.71 bits per heavy atom. The van der Waals surface area contributed by atoms with Gasteiger partial charge >= 0.3 is 0 Å². The Morgan fingerprint density at radius 3 is 2.29 bits per heavy atom. The van der Waals surface area contributed by atoms with Gasteiger partial charge in [-0.3, -0.25) is 4.72 Å². The molecule has 2 rings (SSSR count). The van der Waals surface area contributed by atoms with Crippen LogP contribution < -0.4 is 10.5 Å². The Kier molecular flexibility index (Phi) is 4.19. The normalized spacial score (nSPS) is 11.1. The molecule has 0 saturated carbocycles. The van der Waals surface area contributed by atoms with Crippen molar-refractivity contribution in [2.24, 2.45) is 5.73 Å². The average molecular weight is 328 g/mol. The van der Waals surface area contributed by atoms with E-state index in [1.165, 1.54) is 12.1 Å². The van der Waals surface area contributed by atoms with Crippen molar-refractivity contribution in [2.75, 3.05) is 4.72 Å². The molecule has 0 aliphatic heterocycles. The number of hydrogen-bond donors (Lipinski definition) is 2. The maximum atomic E-state index is 13.4. The van der Waals surface area contributed by atoms with Crippen molar-refractivity contribution in [2.45, 2.75) is 4.90 Å². The van der Waals surface area contributed by atoms with Crippen LogP contribution in [0, 0.1) is 11.6 Å². The van der Waals surface area contributed by atoms with Gasteiger partial charge in [-0.15, -0.1) is 0 Å². The van der Waals surface area contributed by atoms with E-state index in [-0.39, 0.29) is 21.1 Å². The zero-order valence-corrected chi connectivity index (χ0v) is 12.1. The monoisotopic (exact) mass is 328 g/mol. The van der Waals surface area contributed by atoms with Crippen LogP contribution in [0.4, 0.5) is 14.5 Å². The summed E-state index contributed by atoms with van der Waals surface area (Å²) in [4.78, 5) is -0.305. The maximum absolute atomic E-state index is 13.4. The second-order valence-electron chi connectivity index (χ2n) is 4.12. The molecule has 0 unspecified atom stereocenters. The van der Waals surface area contributed by atoms with E-state index in [2.05, 4.69) is 16.9 Å². The Hall–Kier alpha value is -2.06. The Bertz CT molecular complexity index is 790. The molecule has 21 heavy (non-hydrogen) atoms. The van der Waals surface area contributed by atoms with Crippen LogP contribution in [-0.4, -0.2) is 13.4 Å². The molecule has 4 nitrogen and oxygen atoms in total. The fourth-order valence-electron chi connectivity index (χ4n) is 1.61. The first kappa shape index (κ1) is 15.3. The SMILES string of the molecule is NC(=S)c1cc(NS(=O)(=O)c2ccc(F)cc2)ccc1F. The summed E-state index contributed by atoms with van der Waals surface area (Å²) < 4.78 is 52.7. The summed E-state index contributed by atoms with van der Waals surface area (Å²) in [6, 6.07) is 7.78. The fourth-order valence-corrected chi connectivity index (χ4v) is 2.81. The highest BCUT2D eigenvalue weighted by atomic mass is 32.2. The van der Waals surface area contributed by atoms with Gasteiger partial charge in [0.25, 0.3) is 10.0 Å². The van der Waals surface area contributed by atoms with Gasteiger partial charge in [-0.2, -0.15) is 0 Å². The second-order valence-corrected chi connectivity index (χ2v) is 6.24. The van der Waals surface area contributed by atoms with Crippen molar-refractivity contribution in [3.63, 3.8) is 0 Å². The van der Waals surface area contributed by atoms with Crippen molar-refractivity contribution in [3.05, 3.63) is 59.7 Å². The summed E-state index contributed by atoms with van der Waals surface area (Å²) in [5, 5.41) is 0. The Labute approximate surface area is 125 Å². The van der Waals surface area contributed by atoms with Crippen molar-refractivity contribution >= 4 is 32.9 Å². The van der Waals surface area contributed by atoms with Gasteiger partial charge in [0.05, 0.1) is 4.90 Å². The number of nitrogens with two attached hydrogens (primary N) is 1. The summed E-state index contributed by atoms with van der Waals surface area (Å²) in [5.74, 6) is -1.20. The number of rotatable bonds is 4. The van der Waals surface area contributed by atoms with Gasteiger partial charge in [0.2, 0.25) is 0 Å². The van der Waals surface area contributed by atoms with E-state index in [0.717, 1.165) is 30.3 Å². The number of sulfonamides is 1. The molecule has 0 aliphatic carbocycles. The molecule has 110 valence electrons. The molecule has 3 N–H and O–H groups in total. The predicted molar refractivity (Wildman–Crippen MR) is 79.5 cm³/mol. The molecule has 0 spiro atoms. The highest BCUT2D eigenvalue weighted by molar-refractivity contribution is 7.92. The van der Waals surface area contributed by atoms with E-state index in [4.69, 9.17) is 5.73 Å². The van der Waals surface area contributed by atoms with Gasteiger partial charge in [0, 0.05) is 11.3 Å². The minimum absolute atomic E-state index is 0.0655. The van der Waals surface area contributed by atoms with Gasteiger partial charge < -0.3 is 5.73 Å². The summed E-state index contributed by atoms with van der Waals surface area (Å²) in [5.41, 5.74) is 5.38. The highest BCUT2D eigenvalue weighted by Crippen LogP contribution is 2.19. The van der Waals surface area contributed by atoms with Gasteiger partial charge in [-0.1, -0.05) is 12.2 Å². The molecule has 0 saturated heterocycles. The van der Waals surface area contributed by atoms with Crippen LogP contribution in [0.1, 0.15) is 5.56 Å². The molecule has 0 aromatic heterocycles. The number of hydrogen-bond acceptors (Lipinski definition) is 3. The quantitative estimate of drug-likeness (QED) is 0.846. The van der Waals surface area contributed by atoms with Crippen LogP contribution in [0.25, 0.3) is 0 Å². The van der Waals surface area contributed by atoms with Crippen molar-refractivity contribution < 1.29 is 17.2 Å². The third-order valence-corrected chi connectivity index (χ3v) is 4.23. The van der Waals surface area contributed by atoms with Gasteiger partial charge in [0.1, 0.15) is 16.6 Å². The van der Waals surface area contributed by atoms with Crippen LogP contribution in [0.15, 0.2) is 47.4 Å². The van der Waals surface area contributed by atoms with Crippen LogP contribution in [-0.2, 0) is 10.0 Å². The second kappa shape index (κ2) is 5.74. The van der Waals surface area contributed by atoms with Crippen LogP contribution >= 0.6 is 12.2 Å². The molecule has 0 heterocycles. The molecule has 0 radical (unpaired) electrons. The smallest absolute Gasteiger partial charge is 0.261 e. The van der Waals surface area contributed by atoms with Crippen LogP contribution in [0.2, 0.25) is 0 Å². The number of anilines is 1. The van der Waals surface area contributed by atoms with E-state index in [1.54, 1.807) is 0 Å². The zero-order chi connectivity index (χ0) is 15.6. The molecule has 2 aromatic carbocycles. The van der Waals surface area contributed by atoms with E-state index < -0.39 is 21.7 Å². The third-order valence-electron chi connectivity index (χ3n) is 2.61. The molecular weight excluding hydrogens is 318 g/mol. The third kappa shape index (κ3) is 3.53. The van der Waals surface area contributed by atoms with E-state index in [0.29, 0.717) is 0 Å². The molecule has 0 bridgehead atoms. The topological polar surface area (TPSA) is 72.2 Å². The van der Waals surface area contributed by atoms with Crippen molar-refractivity contribution in [1.29, 1.82) is 0 Å². The molecule has 0 atom stereocenters. The predicted octanol–water partition coefficient (Wildman–Crippen LogP) is 2.40. The lowest BCUT2D eigenvalue weighted by atomic mass is 10.2. The van der Waals surface area contributed by atoms with E-state index >= 15 is 0 Å². The van der Waals surface area contributed by atoms with Crippen molar-refractivity contribution in [1.82, 2.24) is 0 Å². The molecular formula is C13H10F2N2O2S2. The zero-order valence-electron chi connectivity index (χ0n) is 10.5. The highest BCUT2D eigenvalue weighted by Gasteiger charge is 2.15. The standard InChI is InChI=1S/C13H10F2N2O2S2/c14-8-1-4-10(5-2-8)21(18,19)17-9-3-6-12(15)11(7-9)13(16)20/h1-7,17H,(H2,16,20). The van der Waals surface area contributed by atoms with Gasteiger partial charge in [-0.25, -0.2) is 17.2 Å². The van der Waals surface area contributed by atoms with Gasteiger partial charge in [0.15, 0.2) is 0 Å². The molecule has 8 heteroatoms. The lowest BCUT2D eigenvalue weighted by Gasteiger charge is -2.10.